The molecular formula is C17H25NO2S. The zero-order chi connectivity index (χ0) is 15.2. The molecule has 0 spiro atoms. The average Bonchev–Trinajstić information content (AvgIpc) is 2.92. The van der Waals surface area contributed by atoms with Crippen molar-refractivity contribution >= 4 is 17.7 Å². The fourth-order valence-corrected chi connectivity index (χ4v) is 3.63. The number of likely N-dealkylation sites (tertiary alicyclic amines) is 1. The van der Waals surface area contributed by atoms with Crippen molar-refractivity contribution in [1.82, 2.24) is 4.90 Å². The predicted molar refractivity (Wildman–Crippen MR) is 87.6 cm³/mol. The van der Waals surface area contributed by atoms with Gasteiger partial charge in [0.1, 0.15) is 0 Å². The maximum Gasteiger partial charge on any atom is 0.223 e. The van der Waals surface area contributed by atoms with Gasteiger partial charge >= 0.3 is 0 Å². The fourth-order valence-electron chi connectivity index (χ4n) is 2.70. The van der Waals surface area contributed by atoms with Crippen molar-refractivity contribution in [2.24, 2.45) is 5.92 Å². The number of hydrogen-bond donors (Lipinski definition) is 1. The number of carbonyl (C=O) groups is 1. The largest absolute Gasteiger partial charge is 0.396 e. The molecule has 1 aromatic carbocycles. The smallest absolute Gasteiger partial charge is 0.223 e. The van der Waals surface area contributed by atoms with E-state index >= 15 is 0 Å². The lowest BCUT2D eigenvalue weighted by molar-refractivity contribution is -0.129. The second kappa shape index (κ2) is 7.85. The first-order valence-electron chi connectivity index (χ1n) is 7.69. The van der Waals surface area contributed by atoms with Crippen molar-refractivity contribution in [2.45, 2.75) is 38.0 Å². The Morgan fingerprint density at radius 3 is 2.90 bits per heavy atom. The fraction of sp³-hybridized carbons (Fsp3) is 0.588. The Balaban J connectivity index is 1.73. The van der Waals surface area contributed by atoms with Gasteiger partial charge in [0.2, 0.25) is 5.91 Å². The standard InChI is InChI=1S/C17H25NO2S/c1-13-3-4-16(11-14(13)2)21-10-7-17(20)18-8-5-15(12-18)6-9-19/h3-4,11,15,19H,5-10,12H2,1-2H3. The average molecular weight is 307 g/mol. The molecule has 116 valence electrons. The van der Waals surface area contributed by atoms with Gasteiger partial charge in [-0.25, -0.2) is 0 Å². The number of hydrogen-bond acceptors (Lipinski definition) is 3. The third kappa shape index (κ3) is 4.75. The highest BCUT2D eigenvalue weighted by molar-refractivity contribution is 7.99. The number of benzene rings is 1. The molecule has 0 aromatic heterocycles. The van der Waals surface area contributed by atoms with Gasteiger partial charge in [-0.1, -0.05) is 6.07 Å². The number of rotatable bonds is 6. The van der Waals surface area contributed by atoms with E-state index in [4.69, 9.17) is 5.11 Å². The van der Waals surface area contributed by atoms with Crippen LogP contribution in [0.2, 0.25) is 0 Å². The van der Waals surface area contributed by atoms with E-state index < -0.39 is 0 Å². The van der Waals surface area contributed by atoms with Crippen molar-refractivity contribution in [3.8, 4) is 0 Å². The molecule has 0 saturated carbocycles. The SMILES string of the molecule is Cc1ccc(SCCC(=O)N2CCC(CCO)C2)cc1C. The molecule has 0 radical (unpaired) electrons. The number of carbonyl (C=O) groups excluding carboxylic acids is 1. The molecule has 21 heavy (non-hydrogen) atoms. The quantitative estimate of drug-likeness (QED) is 0.821. The van der Waals surface area contributed by atoms with E-state index in [9.17, 15) is 4.79 Å². The summed E-state index contributed by atoms with van der Waals surface area (Å²) < 4.78 is 0. The summed E-state index contributed by atoms with van der Waals surface area (Å²) in [5.41, 5.74) is 2.61. The molecule has 1 unspecified atom stereocenters. The Bertz CT molecular complexity index is 490. The summed E-state index contributed by atoms with van der Waals surface area (Å²) in [6.07, 6.45) is 2.46. The number of nitrogens with zero attached hydrogens (tertiary/aromatic N) is 1. The van der Waals surface area contributed by atoms with E-state index in [2.05, 4.69) is 32.0 Å². The van der Waals surface area contributed by atoms with Crippen molar-refractivity contribution in [2.75, 3.05) is 25.4 Å². The minimum Gasteiger partial charge on any atom is -0.396 e. The second-order valence-corrected chi connectivity index (χ2v) is 7.02. The minimum atomic E-state index is 0.231. The lowest BCUT2D eigenvalue weighted by atomic mass is 10.1. The van der Waals surface area contributed by atoms with Crippen LogP contribution >= 0.6 is 11.8 Å². The third-order valence-electron chi connectivity index (χ3n) is 4.24. The Labute approximate surface area is 131 Å². The van der Waals surface area contributed by atoms with E-state index in [0.717, 1.165) is 31.7 Å². The molecule has 1 heterocycles. The van der Waals surface area contributed by atoms with Crippen LogP contribution in [-0.4, -0.2) is 41.4 Å². The molecule has 1 aliphatic rings. The molecule has 1 amide bonds. The van der Waals surface area contributed by atoms with Crippen molar-refractivity contribution in [3.63, 3.8) is 0 Å². The highest BCUT2D eigenvalue weighted by atomic mass is 32.2. The normalized spacial score (nSPS) is 18.2. The van der Waals surface area contributed by atoms with Crippen LogP contribution in [0.25, 0.3) is 0 Å². The van der Waals surface area contributed by atoms with Gasteiger partial charge in [0.15, 0.2) is 0 Å². The van der Waals surface area contributed by atoms with Crippen LogP contribution in [0.5, 0.6) is 0 Å². The molecule has 1 saturated heterocycles. The zero-order valence-electron chi connectivity index (χ0n) is 13.0. The topological polar surface area (TPSA) is 40.5 Å². The summed E-state index contributed by atoms with van der Waals surface area (Å²) in [4.78, 5) is 15.4. The van der Waals surface area contributed by atoms with Crippen LogP contribution in [-0.2, 0) is 4.79 Å². The van der Waals surface area contributed by atoms with Crippen LogP contribution < -0.4 is 0 Å². The lowest BCUT2D eigenvalue weighted by Gasteiger charge is -2.16. The maximum atomic E-state index is 12.2. The minimum absolute atomic E-state index is 0.231. The lowest BCUT2D eigenvalue weighted by Crippen LogP contribution is -2.29. The van der Waals surface area contributed by atoms with Gasteiger partial charge in [-0.3, -0.25) is 4.79 Å². The molecule has 0 bridgehead atoms. The van der Waals surface area contributed by atoms with Crippen LogP contribution in [0.1, 0.15) is 30.4 Å². The molecular weight excluding hydrogens is 282 g/mol. The highest BCUT2D eigenvalue weighted by Crippen LogP contribution is 2.23. The van der Waals surface area contributed by atoms with Crippen LogP contribution in [0.3, 0.4) is 0 Å². The molecule has 3 nitrogen and oxygen atoms in total. The summed E-state index contributed by atoms with van der Waals surface area (Å²) in [6.45, 7) is 6.15. The molecule has 1 aliphatic heterocycles. The first-order chi connectivity index (χ1) is 10.1. The zero-order valence-corrected chi connectivity index (χ0v) is 13.8. The van der Waals surface area contributed by atoms with E-state index in [-0.39, 0.29) is 12.5 Å². The monoisotopic (exact) mass is 307 g/mol. The molecule has 1 atom stereocenters. The first-order valence-corrected chi connectivity index (χ1v) is 8.67. The van der Waals surface area contributed by atoms with Crippen molar-refractivity contribution in [1.29, 1.82) is 0 Å². The molecule has 0 aliphatic carbocycles. The highest BCUT2D eigenvalue weighted by Gasteiger charge is 2.25. The Morgan fingerprint density at radius 1 is 1.38 bits per heavy atom. The van der Waals surface area contributed by atoms with Gasteiger partial charge in [-0.2, -0.15) is 0 Å². The Morgan fingerprint density at radius 2 is 2.19 bits per heavy atom. The molecule has 4 heteroatoms. The van der Waals surface area contributed by atoms with Gasteiger partial charge in [0.05, 0.1) is 0 Å². The van der Waals surface area contributed by atoms with Gasteiger partial charge in [0.25, 0.3) is 0 Å². The summed E-state index contributed by atoms with van der Waals surface area (Å²) in [5.74, 6) is 1.58. The van der Waals surface area contributed by atoms with Crippen LogP contribution in [0.4, 0.5) is 0 Å². The summed E-state index contributed by atoms with van der Waals surface area (Å²) in [7, 11) is 0. The Kier molecular flexibility index (Phi) is 6.12. The molecule has 1 fully saturated rings. The first kappa shape index (κ1) is 16.4. The number of amides is 1. The van der Waals surface area contributed by atoms with E-state index in [0.29, 0.717) is 12.3 Å². The number of aliphatic hydroxyl groups is 1. The molecule has 1 N–H and O–H groups in total. The van der Waals surface area contributed by atoms with E-state index in [1.165, 1.54) is 16.0 Å². The summed E-state index contributed by atoms with van der Waals surface area (Å²) in [6, 6.07) is 6.46. The van der Waals surface area contributed by atoms with Gasteiger partial charge < -0.3 is 10.0 Å². The van der Waals surface area contributed by atoms with Crippen LogP contribution in [0.15, 0.2) is 23.1 Å². The number of aryl methyl sites for hydroxylation is 2. The summed E-state index contributed by atoms with van der Waals surface area (Å²) >= 11 is 1.75. The second-order valence-electron chi connectivity index (χ2n) is 5.85. The molecule has 1 aromatic rings. The summed E-state index contributed by atoms with van der Waals surface area (Å²) in [5, 5.41) is 8.95. The maximum absolute atomic E-state index is 12.2. The van der Waals surface area contributed by atoms with Crippen molar-refractivity contribution < 1.29 is 9.90 Å². The third-order valence-corrected chi connectivity index (χ3v) is 5.23. The number of thioether (sulfide) groups is 1. The molecule has 2 rings (SSSR count). The Hall–Kier alpha value is -1.00. The van der Waals surface area contributed by atoms with Gasteiger partial charge in [-0.15, -0.1) is 11.8 Å². The predicted octanol–water partition coefficient (Wildman–Crippen LogP) is 3.02. The van der Waals surface area contributed by atoms with E-state index in [1.807, 2.05) is 4.90 Å². The van der Waals surface area contributed by atoms with Crippen molar-refractivity contribution in [3.05, 3.63) is 29.3 Å². The number of aliphatic hydroxyl groups excluding tert-OH is 1. The van der Waals surface area contributed by atoms with Gasteiger partial charge in [0, 0.05) is 36.8 Å². The van der Waals surface area contributed by atoms with Gasteiger partial charge in [-0.05, 0) is 55.9 Å². The van der Waals surface area contributed by atoms with E-state index in [1.54, 1.807) is 11.8 Å². The van der Waals surface area contributed by atoms with Crippen LogP contribution in [0, 0.1) is 19.8 Å².